The summed E-state index contributed by atoms with van der Waals surface area (Å²) in [5.41, 5.74) is 0.318. The van der Waals surface area contributed by atoms with Crippen LogP contribution in [0.3, 0.4) is 0 Å². The molecule has 0 heterocycles. The molecule has 0 unspecified atom stereocenters. The minimum absolute atomic E-state index is 0.0701. The average Bonchev–Trinajstić information content (AvgIpc) is 3.19. The van der Waals surface area contributed by atoms with E-state index in [-0.39, 0.29) is 25.0 Å². The number of amides is 2. The summed E-state index contributed by atoms with van der Waals surface area (Å²) in [6.45, 7) is 0.552. The topological polar surface area (TPSA) is 114 Å². The second kappa shape index (κ2) is 23.8. The van der Waals surface area contributed by atoms with E-state index in [0.29, 0.717) is 12.0 Å². The molecule has 378 valence electrons. The first-order valence-corrected chi connectivity index (χ1v) is 21.4. The van der Waals surface area contributed by atoms with Gasteiger partial charge in [0.2, 0.25) is 0 Å². The summed E-state index contributed by atoms with van der Waals surface area (Å²) in [7, 11) is -7.74. The van der Waals surface area contributed by atoms with E-state index in [1.807, 2.05) is 5.32 Å². The Morgan fingerprint density at radius 2 is 1.00 bits per heavy atom. The van der Waals surface area contributed by atoms with E-state index in [0.717, 1.165) is 51.0 Å². The number of sulfonamides is 1. The monoisotopic (exact) mass is 999 g/mol. The molecule has 0 bridgehead atoms. The first-order valence-electron chi connectivity index (χ1n) is 19.9. The summed E-state index contributed by atoms with van der Waals surface area (Å²) in [6, 6.07) is 3.69. The van der Waals surface area contributed by atoms with Crippen LogP contribution in [0.4, 0.5) is 95.6 Å². The van der Waals surface area contributed by atoms with E-state index >= 15 is 0 Å². The molecular weight excluding hydrogens is 949 g/mol. The molecule has 65 heavy (non-hydrogen) atoms. The lowest BCUT2D eigenvalue weighted by Crippen LogP contribution is -2.75. The van der Waals surface area contributed by atoms with Crippen molar-refractivity contribution in [1.82, 2.24) is 4.31 Å². The predicted molar refractivity (Wildman–Crippen MR) is 203 cm³/mol. The third-order valence-electron chi connectivity index (χ3n) is 9.68. The Bertz CT molecular complexity index is 1810. The number of nitrogens with zero attached hydrogens (tertiary/aromatic N) is 1. The fraction of sp³-hybridized carbons (Fsp3) is 0.737. The number of rotatable bonds is 29. The fourth-order valence-corrected chi connectivity index (χ4v) is 6.70. The fourth-order valence-electron chi connectivity index (χ4n) is 5.54. The molecule has 0 saturated heterocycles. The Hall–Kier alpha value is -3.78. The van der Waals surface area contributed by atoms with Gasteiger partial charge in [-0.3, -0.25) is 10.6 Å². The Kier molecular flexibility index (Phi) is 21.7. The number of hydrogen-bond acceptors (Lipinski definition) is 6. The maximum atomic E-state index is 14.5. The SMILES string of the molecule is CCCCCCCC/C=C\CCCCCCCCOC(=O)Nc1cc(NC(=O)OCCN(C)S(=O)(=O)C(F)(F)C(F)(F)C(F)(F)C(F)(F)C(F)(F)C(F)(F)C(F)(F)C(F)(F)F)ccc1C. The maximum absolute atomic E-state index is 14.5. The first-order chi connectivity index (χ1) is 29.6. The molecule has 0 fully saturated rings. The number of nitrogens with one attached hydrogen (secondary N) is 2. The molecule has 0 aromatic heterocycles. The third-order valence-corrected chi connectivity index (χ3v) is 11.6. The molecular formula is C38H50F17N3O6S. The summed E-state index contributed by atoms with van der Waals surface area (Å²) >= 11 is 0. The number of alkyl halides is 17. The lowest BCUT2D eigenvalue weighted by atomic mass is 9.91. The minimum atomic E-state index is -8.96. The van der Waals surface area contributed by atoms with Crippen molar-refractivity contribution in [3.8, 4) is 0 Å². The van der Waals surface area contributed by atoms with Gasteiger partial charge in [-0.1, -0.05) is 82.9 Å². The van der Waals surface area contributed by atoms with Gasteiger partial charge in [0.25, 0.3) is 10.0 Å². The first kappa shape index (κ1) is 59.2. The van der Waals surface area contributed by atoms with Crippen LogP contribution in [0.15, 0.2) is 30.4 Å². The smallest absolute Gasteiger partial charge is 0.449 e. The second-order valence-corrected chi connectivity index (χ2v) is 16.9. The number of ether oxygens (including phenoxy) is 2. The molecule has 2 amide bonds. The predicted octanol–water partition coefficient (Wildman–Crippen LogP) is 13.4. The molecule has 27 heteroatoms. The van der Waals surface area contributed by atoms with Gasteiger partial charge < -0.3 is 9.47 Å². The van der Waals surface area contributed by atoms with Crippen molar-refractivity contribution in [3.63, 3.8) is 0 Å². The molecule has 9 nitrogen and oxygen atoms in total. The van der Waals surface area contributed by atoms with Crippen LogP contribution in [0, 0.1) is 6.92 Å². The van der Waals surface area contributed by atoms with Gasteiger partial charge in [0.1, 0.15) is 6.61 Å². The summed E-state index contributed by atoms with van der Waals surface area (Å²) in [5, 5.41) is -3.34. The Morgan fingerprint density at radius 1 is 0.585 bits per heavy atom. The summed E-state index contributed by atoms with van der Waals surface area (Å²) in [6.07, 6.45) is 9.04. The maximum Gasteiger partial charge on any atom is 0.460 e. The van der Waals surface area contributed by atoms with Crippen LogP contribution in [0.5, 0.6) is 0 Å². The van der Waals surface area contributed by atoms with Crippen LogP contribution < -0.4 is 10.6 Å². The molecule has 0 aliphatic carbocycles. The van der Waals surface area contributed by atoms with E-state index in [2.05, 4.69) is 29.1 Å². The van der Waals surface area contributed by atoms with Crippen molar-refractivity contribution in [1.29, 1.82) is 0 Å². The van der Waals surface area contributed by atoms with Crippen molar-refractivity contribution in [2.75, 3.05) is 37.4 Å². The van der Waals surface area contributed by atoms with Gasteiger partial charge >= 0.3 is 59.2 Å². The van der Waals surface area contributed by atoms with Crippen LogP contribution >= 0.6 is 0 Å². The number of benzene rings is 1. The Balaban J connectivity index is 2.73. The van der Waals surface area contributed by atoms with Crippen LogP contribution in [-0.2, 0) is 19.5 Å². The largest absolute Gasteiger partial charge is 0.460 e. The van der Waals surface area contributed by atoms with Crippen molar-refractivity contribution in [3.05, 3.63) is 35.9 Å². The highest BCUT2D eigenvalue weighted by atomic mass is 32.2. The molecule has 0 atom stereocenters. The van der Waals surface area contributed by atoms with Crippen molar-refractivity contribution in [2.24, 2.45) is 0 Å². The van der Waals surface area contributed by atoms with Gasteiger partial charge in [0.15, 0.2) is 0 Å². The highest BCUT2D eigenvalue weighted by molar-refractivity contribution is 7.90. The van der Waals surface area contributed by atoms with E-state index in [1.165, 1.54) is 57.6 Å². The minimum Gasteiger partial charge on any atom is -0.449 e. The number of aryl methyl sites for hydroxylation is 1. The van der Waals surface area contributed by atoms with E-state index < -0.39 is 86.6 Å². The van der Waals surface area contributed by atoms with Gasteiger partial charge in [-0.2, -0.15) is 78.9 Å². The molecule has 0 radical (unpaired) electrons. The quantitative estimate of drug-likeness (QED) is 0.0469. The number of allylic oxidation sites excluding steroid dienone is 2. The number of carbonyl (C=O) groups excluding carboxylic acids is 2. The van der Waals surface area contributed by atoms with Crippen molar-refractivity contribution in [2.45, 2.75) is 151 Å². The number of hydrogen-bond donors (Lipinski definition) is 2. The zero-order valence-electron chi connectivity index (χ0n) is 35.1. The standard InChI is InChI=1S/C38H50F17N3O6S/c1-4-5-6-7-8-9-10-11-12-13-14-15-16-17-18-19-23-63-30(60)57-28-25-27(21-20-26(28)2)56-29(59)64-24-22-58(3)65(61,62)38(54,55)36(49,50)34(45,46)32(41,42)31(39,40)33(43,44)35(47,48)37(51,52)53/h11-12,20-21,25H,4-10,13-19,22-24H2,1-3H3,(H,56,59)(H,57,60)/b12-11-. The van der Waals surface area contributed by atoms with E-state index in [1.54, 1.807) is 0 Å². The molecule has 0 aliphatic heterocycles. The Labute approximate surface area is 363 Å². The second-order valence-electron chi connectivity index (χ2n) is 14.8. The van der Waals surface area contributed by atoms with Gasteiger partial charge in [-0.05, 0) is 56.7 Å². The normalized spacial score (nSPS) is 14.0. The Morgan fingerprint density at radius 3 is 1.49 bits per heavy atom. The molecule has 1 rings (SSSR count). The van der Waals surface area contributed by atoms with Crippen LogP contribution in [0.2, 0.25) is 0 Å². The zero-order chi connectivity index (χ0) is 50.3. The third kappa shape index (κ3) is 14.1. The van der Waals surface area contributed by atoms with Gasteiger partial charge in [-0.15, -0.1) is 0 Å². The van der Waals surface area contributed by atoms with E-state index in [9.17, 15) is 92.6 Å². The van der Waals surface area contributed by atoms with Crippen LogP contribution in [-0.4, -0.2) is 98.7 Å². The summed E-state index contributed by atoms with van der Waals surface area (Å²) in [5.74, 6) is -52.3. The van der Waals surface area contributed by atoms with Gasteiger partial charge in [0.05, 0.1) is 6.61 Å². The van der Waals surface area contributed by atoms with Crippen LogP contribution in [0.1, 0.15) is 102 Å². The molecule has 0 aliphatic rings. The molecule has 2 N–H and O–H groups in total. The number of anilines is 2. The molecule has 0 spiro atoms. The molecule has 1 aromatic carbocycles. The molecule has 0 saturated carbocycles. The number of halogens is 17. The van der Waals surface area contributed by atoms with E-state index in [4.69, 9.17) is 4.74 Å². The van der Waals surface area contributed by atoms with Gasteiger partial charge in [-0.25, -0.2) is 18.0 Å². The van der Waals surface area contributed by atoms with Crippen LogP contribution in [0.25, 0.3) is 0 Å². The number of carbonyl (C=O) groups is 2. The number of likely N-dealkylation sites (N-methyl/N-ethyl adjacent to an activating group) is 1. The summed E-state index contributed by atoms with van der Waals surface area (Å²) < 4.78 is 264. The average molecular weight is 1000 g/mol. The van der Waals surface area contributed by atoms with Gasteiger partial charge in [0, 0.05) is 25.0 Å². The summed E-state index contributed by atoms with van der Waals surface area (Å²) in [4.78, 5) is 24.5. The highest BCUT2D eigenvalue weighted by Gasteiger charge is 2.96. The lowest BCUT2D eigenvalue weighted by Gasteiger charge is -2.42. The molecule has 1 aromatic rings. The lowest BCUT2D eigenvalue weighted by molar-refractivity contribution is -0.458. The van der Waals surface area contributed by atoms with Crippen molar-refractivity contribution >= 4 is 33.6 Å². The number of unbranched alkanes of at least 4 members (excludes halogenated alkanes) is 12. The zero-order valence-corrected chi connectivity index (χ0v) is 36.0. The van der Waals surface area contributed by atoms with Crippen molar-refractivity contribution < 1.29 is 102 Å². The highest BCUT2D eigenvalue weighted by Crippen LogP contribution is 2.64.